The monoisotopic (exact) mass is 458 g/mol. The van der Waals surface area contributed by atoms with Crippen molar-refractivity contribution in [2.75, 3.05) is 5.01 Å². The molecular weight excluding hydrogens is 439 g/mol. The minimum Gasteiger partial charge on any atom is -0.438 e. The molecule has 2 amide bonds. The summed E-state index contributed by atoms with van der Waals surface area (Å²) in [5.41, 5.74) is 5.79. The third kappa shape index (κ3) is 3.54. The Balaban J connectivity index is 1.61. The van der Waals surface area contributed by atoms with Crippen molar-refractivity contribution in [1.82, 2.24) is 15.0 Å². The number of benzene rings is 2. The average molecular weight is 458 g/mol. The molecule has 4 aromatic rings. The van der Waals surface area contributed by atoms with Crippen molar-refractivity contribution in [2.24, 2.45) is 10.8 Å². The van der Waals surface area contributed by atoms with E-state index in [0.717, 1.165) is 11.1 Å². The molecule has 2 aromatic carbocycles. The van der Waals surface area contributed by atoms with Gasteiger partial charge in [-0.3, -0.25) is 9.59 Å². The molecule has 34 heavy (non-hydrogen) atoms. The van der Waals surface area contributed by atoms with E-state index in [1.54, 1.807) is 43.5 Å². The fourth-order valence-electron chi connectivity index (χ4n) is 4.13. The quantitative estimate of drug-likeness (QED) is 0.474. The van der Waals surface area contributed by atoms with Crippen molar-refractivity contribution in [2.45, 2.75) is 18.8 Å². The van der Waals surface area contributed by atoms with Crippen LogP contribution in [0.4, 0.5) is 10.1 Å². The fourth-order valence-corrected chi connectivity index (χ4v) is 4.13. The van der Waals surface area contributed by atoms with E-state index in [1.807, 2.05) is 0 Å². The zero-order chi connectivity index (χ0) is 23.9. The highest BCUT2D eigenvalue weighted by molar-refractivity contribution is 6.43. The lowest BCUT2D eigenvalue weighted by molar-refractivity contribution is -0.119. The molecule has 0 fully saturated rings. The lowest BCUT2D eigenvalue weighted by Gasteiger charge is -2.37. The lowest BCUT2D eigenvalue weighted by atomic mass is 9.73. The Bertz CT molecular complexity index is 1470. The Hall–Kier alpha value is -4.60. The number of hydrazone groups is 1. The van der Waals surface area contributed by atoms with Crippen LogP contribution < -0.4 is 15.5 Å². The Morgan fingerprint density at radius 1 is 1.18 bits per heavy atom. The van der Waals surface area contributed by atoms with Crippen LogP contribution in [0.25, 0.3) is 11.0 Å². The van der Waals surface area contributed by atoms with Gasteiger partial charge in [0.15, 0.2) is 0 Å². The van der Waals surface area contributed by atoms with Gasteiger partial charge in [0, 0.05) is 18.2 Å². The fraction of sp³-hybridized carbons (Fsp3) is 0.125. The molecule has 170 valence electrons. The number of aromatic amines is 1. The normalized spacial score (nSPS) is 18.1. The second-order valence-electron chi connectivity index (χ2n) is 8.02. The van der Waals surface area contributed by atoms with Gasteiger partial charge >= 0.3 is 0 Å². The summed E-state index contributed by atoms with van der Waals surface area (Å²) in [6.45, 7) is 1.70. The maximum Gasteiger partial charge on any atom is 0.265 e. The molecule has 2 aromatic heterocycles. The average Bonchev–Trinajstić information content (AvgIpc) is 3.29. The van der Waals surface area contributed by atoms with Crippen LogP contribution in [0.1, 0.15) is 18.9 Å². The van der Waals surface area contributed by atoms with Crippen LogP contribution in [0.5, 0.6) is 11.6 Å². The lowest BCUT2D eigenvalue weighted by Crippen LogP contribution is -2.50. The zero-order valence-corrected chi connectivity index (χ0v) is 18.0. The minimum absolute atomic E-state index is 0.0538. The number of anilines is 1. The SMILES string of the molecule is CC1(c2ccccc2Oc2ncnc3[nH]ccc23)CC(=O)N(c2cccc(F)c2)N=C1C(N)=O. The first-order chi connectivity index (χ1) is 16.4. The van der Waals surface area contributed by atoms with Crippen molar-refractivity contribution in [3.05, 3.63) is 78.5 Å². The van der Waals surface area contributed by atoms with Crippen molar-refractivity contribution in [3.8, 4) is 11.6 Å². The van der Waals surface area contributed by atoms with Crippen LogP contribution in [0.2, 0.25) is 0 Å². The Morgan fingerprint density at radius 3 is 2.79 bits per heavy atom. The van der Waals surface area contributed by atoms with E-state index in [0.29, 0.717) is 28.2 Å². The molecule has 1 atom stereocenters. The van der Waals surface area contributed by atoms with Crippen molar-refractivity contribution >= 4 is 34.2 Å². The molecule has 3 heterocycles. The van der Waals surface area contributed by atoms with Crippen molar-refractivity contribution < 1.29 is 18.7 Å². The number of para-hydroxylation sites is 1. The van der Waals surface area contributed by atoms with Crippen LogP contribution in [-0.4, -0.2) is 32.5 Å². The number of nitrogens with two attached hydrogens (primary N) is 1. The summed E-state index contributed by atoms with van der Waals surface area (Å²) in [5, 5.41) is 5.94. The summed E-state index contributed by atoms with van der Waals surface area (Å²) in [5.74, 6) is -1.08. The predicted molar refractivity (Wildman–Crippen MR) is 123 cm³/mol. The number of H-pyrrole nitrogens is 1. The van der Waals surface area contributed by atoms with Crippen molar-refractivity contribution in [3.63, 3.8) is 0 Å². The van der Waals surface area contributed by atoms with Gasteiger partial charge in [-0.1, -0.05) is 24.3 Å². The highest BCUT2D eigenvalue weighted by Gasteiger charge is 2.45. The first-order valence-corrected chi connectivity index (χ1v) is 10.4. The summed E-state index contributed by atoms with van der Waals surface area (Å²) in [6.07, 6.45) is 2.95. The van der Waals surface area contributed by atoms with E-state index >= 15 is 0 Å². The molecule has 0 spiro atoms. The van der Waals surface area contributed by atoms with E-state index in [9.17, 15) is 14.0 Å². The Labute approximate surface area is 193 Å². The summed E-state index contributed by atoms with van der Waals surface area (Å²) in [7, 11) is 0. The molecule has 5 rings (SSSR count). The van der Waals surface area contributed by atoms with E-state index in [1.165, 1.54) is 24.5 Å². The second-order valence-corrected chi connectivity index (χ2v) is 8.02. The number of aromatic nitrogens is 3. The number of rotatable bonds is 5. The summed E-state index contributed by atoms with van der Waals surface area (Å²) < 4.78 is 19.9. The number of carbonyl (C=O) groups excluding carboxylic acids is 2. The number of halogens is 1. The van der Waals surface area contributed by atoms with Gasteiger partial charge in [-0.2, -0.15) is 5.10 Å². The molecular formula is C24H19FN6O3. The van der Waals surface area contributed by atoms with E-state index in [2.05, 4.69) is 20.1 Å². The summed E-state index contributed by atoms with van der Waals surface area (Å²) in [6, 6.07) is 14.2. The van der Waals surface area contributed by atoms with E-state index < -0.39 is 23.0 Å². The zero-order valence-electron chi connectivity index (χ0n) is 18.0. The van der Waals surface area contributed by atoms with Gasteiger partial charge in [-0.15, -0.1) is 0 Å². The Kier molecular flexibility index (Phi) is 5.05. The summed E-state index contributed by atoms with van der Waals surface area (Å²) in [4.78, 5) is 37.0. The van der Waals surface area contributed by atoms with Gasteiger partial charge in [0.2, 0.25) is 11.8 Å². The highest BCUT2D eigenvalue weighted by Crippen LogP contribution is 2.41. The molecule has 10 heteroatoms. The molecule has 3 N–H and O–H groups in total. The third-order valence-corrected chi connectivity index (χ3v) is 5.76. The topological polar surface area (TPSA) is 127 Å². The molecule has 1 aliphatic heterocycles. The third-order valence-electron chi connectivity index (χ3n) is 5.76. The second kappa shape index (κ2) is 8.07. The van der Waals surface area contributed by atoms with Crippen LogP contribution in [-0.2, 0) is 15.0 Å². The molecule has 0 bridgehead atoms. The smallest absolute Gasteiger partial charge is 0.265 e. The standard InChI is InChI=1S/C24H19FN6O3/c1-24(12-19(32)31(30-20(24)21(26)33)15-6-4-5-14(25)11-15)17-7-2-3-8-18(17)34-23-16-9-10-27-22(16)28-13-29-23/h2-11,13H,12H2,1H3,(H2,26,33)(H,27,28,29). The van der Waals surface area contributed by atoms with Crippen molar-refractivity contribution in [1.29, 1.82) is 0 Å². The van der Waals surface area contributed by atoms with Crippen LogP contribution in [0.15, 0.2) is 72.2 Å². The van der Waals surface area contributed by atoms with Crippen LogP contribution in [0.3, 0.4) is 0 Å². The number of carbonyl (C=O) groups is 2. The van der Waals surface area contributed by atoms with Gasteiger partial charge in [0.1, 0.15) is 29.3 Å². The maximum atomic E-state index is 13.8. The van der Waals surface area contributed by atoms with Gasteiger partial charge in [-0.05, 0) is 37.3 Å². The number of primary amides is 1. The van der Waals surface area contributed by atoms with Crippen LogP contribution in [0, 0.1) is 5.82 Å². The van der Waals surface area contributed by atoms with Gasteiger partial charge < -0.3 is 15.5 Å². The number of fused-ring (bicyclic) bond motifs is 1. The first kappa shape index (κ1) is 21.3. The molecule has 0 saturated heterocycles. The number of ether oxygens (including phenoxy) is 1. The van der Waals surface area contributed by atoms with Crippen LogP contribution >= 0.6 is 0 Å². The number of nitrogens with one attached hydrogen (secondary N) is 1. The minimum atomic E-state index is -1.20. The maximum absolute atomic E-state index is 13.8. The van der Waals surface area contributed by atoms with Gasteiger partial charge in [0.05, 0.1) is 16.5 Å². The van der Waals surface area contributed by atoms with E-state index in [-0.39, 0.29) is 17.8 Å². The molecule has 0 saturated carbocycles. The predicted octanol–water partition coefficient (Wildman–Crippen LogP) is 3.43. The summed E-state index contributed by atoms with van der Waals surface area (Å²) >= 11 is 0. The van der Waals surface area contributed by atoms with Gasteiger partial charge in [0.25, 0.3) is 5.91 Å². The molecule has 1 aliphatic rings. The largest absolute Gasteiger partial charge is 0.438 e. The first-order valence-electron chi connectivity index (χ1n) is 10.4. The van der Waals surface area contributed by atoms with E-state index in [4.69, 9.17) is 10.5 Å². The Morgan fingerprint density at radius 2 is 2.00 bits per heavy atom. The molecule has 0 aliphatic carbocycles. The number of amides is 2. The highest BCUT2D eigenvalue weighted by atomic mass is 19.1. The molecule has 0 radical (unpaired) electrons. The van der Waals surface area contributed by atoms with Gasteiger partial charge in [-0.25, -0.2) is 19.4 Å². The molecule has 1 unspecified atom stereocenters. The number of nitrogens with zero attached hydrogens (tertiary/aromatic N) is 4. The number of hydrogen-bond donors (Lipinski definition) is 2. The number of hydrogen-bond acceptors (Lipinski definition) is 6. The molecule has 9 nitrogen and oxygen atoms in total.